The number of likely N-dealkylation sites (tertiary alicyclic amines) is 1. The van der Waals surface area contributed by atoms with Gasteiger partial charge in [0.25, 0.3) is 0 Å². The van der Waals surface area contributed by atoms with Crippen LogP contribution >= 0.6 is 0 Å². The molecule has 0 saturated carbocycles. The first-order valence-corrected chi connectivity index (χ1v) is 6.33. The van der Waals surface area contributed by atoms with Crippen LogP contribution in [-0.4, -0.2) is 55.9 Å². The number of nitrogens with zero attached hydrogens (tertiary/aromatic N) is 1. The third kappa shape index (κ3) is 4.91. The quantitative estimate of drug-likeness (QED) is 0.751. The van der Waals surface area contributed by atoms with Crippen molar-refractivity contribution in [1.82, 2.24) is 15.5 Å². The molecular weight excluding hydrogens is 218 g/mol. The maximum atomic E-state index is 11.7. The highest BCUT2D eigenvalue weighted by atomic mass is 16.5. The molecule has 1 heterocycles. The Morgan fingerprint density at radius 1 is 1.47 bits per heavy atom. The van der Waals surface area contributed by atoms with Crippen molar-refractivity contribution in [3.8, 4) is 0 Å². The lowest BCUT2D eigenvalue weighted by atomic mass is 10.3. The zero-order valence-electron chi connectivity index (χ0n) is 11.3. The summed E-state index contributed by atoms with van der Waals surface area (Å²) >= 11 is 0. The fraction of sp³-hybridized carbons (Fsp3) is 0.917. The van der Waals surface area contributed by atoms with Crippen LogP contribution in [0.1, 0.15) is 27.2 Å². The molecule has 1 saturated heterocycles. The third-order valence-corrected chi connectivity index (χ3v) is 3.08. The number of methoxy groups -OCH3 is 1. The second-order valence-corrected chi connectivity index (χ2v) is 5.05. The van der Waals surface area contributed by atoms with E-state index in [4.69, 9.17) is 4.74 Å². The van der Waals surface area contributed by atoms with Crippen LogP contribution in [0.4, 0.5) is 4.79 Å². The second-order valence-electron chi connectivity index (χ2n) is 5.05. The molecule has 0 aliphatic carbocycles. The van der Waals surface area contributed by atoms with Gasteiger partial charge >= 0.3 is 6.03 Å². The van der Waals surface area contributed by atoms with Crippen LogP contribution < -0.4 is 10.6 Å². The highest BCUT2D eigenvalue weighted by Gasteiger charge is 2.25. The lowest BCUT2D eigenvalue weighted by Crippen LogP contribution is -2.47. The summed E-state index contributed by atoms with van der Waals surface area (Å²) in [5, 5.41) is 5.86. The summed E-state index contributed by atoms with van der Waals surface area (Å²) in [6.07, 6.45) is 1.03. The molecule has 1 rings (SSSR count). The Kier molecular flexibility index (Phi) is 5.71. The largest absolute Gasteiger partial charge is 0.383 e. The molecule has 5 heteroatoms. The summed E-state index contributed by atoms with van der Waals surface area (Å²) in [4.78, 5) is 14.0. The monoisotopic (exact) mass is 243 g/mol. The van der Waals surface area contributed by atoms with Crippen molar-refractivity contribution in [1.29, 1.82) is 0 Å². The molecule has 5 nitrogen and oxygen atoms in total. The molecule has 1 aliphatic rings. The van der Waals surface area contributed by atoms with Gasteiger partial charge in [0.15, 0.2) is 0 Å². The molecule has 2 amide bonds. The molecule has 0 aromatic carbocycles. The van der Waals surface area contributed by atoms with Gasteiger partial charge in [0.2, 0.25) is 0 Å². The van der Waals surface area contributed by atoms with E-state index in [2.05, 4.69) is 29.4 Å². The first kappa shape index (κ1) is 14.3. The van der Waals surface area contributed by atoms with Gasteiger partial charge in [0.05, 0.1) is 12.6 Å². The average Bonchev–Trinajstić information content (AvgIpc) is 2.66. The van der Waals surface area contributed by atoms with Crippen molar-refractivity contribution in [3.05, 3.63) is 0 Å². The zero-order chi connectivity index (χ0) is 12.8. The Morgan fingerprint density at radius 2 is 2.18 bits per heavy atom. The van der Waals surface area contributed by atoms with Gasteiger partial charge in [-0.05, 0) is 27.2 Å². The van der Waals surface area contributed by atoms with Gasteiger partial charge in [-0.1, -0.05) is 0 Å². The molecule has 17 heavy (non-hydrogen) atoms. The molecule has 0 aromatic rings. The van der Waals surface area contributed by atoms with Crippen molar-refractivity contribution in [2.75, 3.05) is 26.8 Å². The molecule has 0 aromatic heterocycles. The molecule has 2 atom stereocenters. The van der Waals surface area contributed by atoms with Crippen LogP contribution in [-0.2, 0) is 4.74 Å². The van der Waals surface area contributed by atoms with Gasteiger partial charge < -0.3 is 15.4 Å². The minimum absolute atomic E-state index is 0.0441. The lowest BCUT2D eigenvalue weighted by Gasteiger charge is -2.21. The van der Waals surface area contributed by atoms with Crippen LogP contribution in [0.3, 0.4) is 0 Å². The summed E-state index contributed by atoms with van der Waals surface area (Å²) in [7, 11) is 1.63. The minimum atomic E-state index is -0.0924. The maximum Gasteiger partial charge on any atom is 0.315 e. The van der Waals surface area contributed by atoms with Gasteiger partial charge in [-0.25, -0.2) is 4.79 Å². The normalized spacial score (nSPS) is 22.8. The van der Waals surface area contributed by atoms with Crippen LogP contribution in [0, 0.1) is 0 Å². The van der Waals surface area contributed by atoms with Crippen LogP contribution in [0.25, 0.3) is 0 Å². The van der Waals surface area contributed by atoms with E-state index in [0.717, 1.165) is 19.5 Å². The Labute approximate surface area is 104 Å². The summed E-state index contributed by atoms with van der Waals surface area (Å²) in [6.45, 7) is 8.85. The van der Waals surface area contributed by atoms with E-state index in [1.807, 2.05) is 6.92 Å². The number of amides is 2. The Morgan fingerprint density at radius 3 is 2.71 bits per heavy atom. The Hall–Kier alpha value is -0.810. The van der Waals surface area contributed by atoms with Gasteiger partial charge in [-0.2, -0.15) is 0 Å². The van der Waals surface area contributed by atoms with Crippen molar-refractivity contribution in [3.63, 3.8) is 0 Å². The van der Waals surface area contributed by atoms with E-state index in [1.54, 1.807) is 7.11 Å². The van der Waals surface area contributed by atoms with E-state index in [9.17, 15) is 4.79 Å². The van der Waals surface area contributed by atoms with Crippen LogP contribution in [0.15, 0.2) is 0 Å². The van der Waals surface area contributed by atoms with Crippen molar-refractivity contribution in [2.24, 2.45) is 0 Å². The van der Waals surface area contributed by atoms with Crippen LogP contribution in [0.5, 0.6) is 0 Å². The zero-order valence-corrected chi connectivity index (χ0v) is 11.3. The molecule has 2 N–H and O–H groups in total. The highest BCUT2D eigenvalue weighted by molar-refractivity contribution is 5.74. The van der Waals surface area contributed by atoms with Gasteiger partial charge in [-0.15, -0.1) is 0 Å². The molecular formula is C12H25N3O2. The summed E-state index contributed by atoms with van der Waals surface area (Å²) in [6, 6.07) is 0.775. The number of carbonyl (C=O) groups is 1. The number of rotatable bonds is 5. The first-order valence-electron chi connectivity index (χ1n) is 6.33. The first-order chi connectivity index (χ1) is 8.02. The third-order valence-electron chi connectivity index (χ3n) is 3.08. The molecule has 100 valence electrons. The van der Waals surface area contributed by atoms with Gasteiger partial charge in [0, 0.05) is 32.3 Å². The van der Waals surface area contributed by atoms with E-state index in [0.29, 0.717) is 12.6 Å². The average molecular weight is 243 g/mol. The topological polar surface area (TPSA) is 53.6 Å². The smallest absolute Gasteiger partial charge is 0.315 e. The Bertz CT molecular complexity index is 246. The molecule has 1 aliphatic heterocycles. The Balaban J connectivity index is 2.24. The maximum absolute atomic E-state index is 11.7. The minimum Gasteiger partial charge on any atom is -0.383 e. The molecule has 0 bridgehead atoms. The predicted octanol–water partition coefficient (Wildman–Crippen LogP) is 0.803. The van der Waals surface area contributed by atoms with E-state index >= 15 is 0 Å². The molecule has 1 fully saturated rings. The SMILES string of the molecule is COC[C@H](C)NC(=O)N[C@@H]1CCN(C(C)C)C1. The van der Waals surface area contributed by atoms with Gasteiger partial charge in [0.1, 0.15) is 0 Å². The number of urea groups is 1. The van der Waals surface area contributed by atoms with E-state index in [1.165, 1.54) is 0 Å². The molecule has 0 unspecified atom stereocenters. The summed E-state index contributed by atoms with van der Waals surface area (Å²) < 4.78 is 4.97. The number of nitrogens with one attached hydrogen (secondary N) is 2. The number of hydrogen-bond acceptors (Lipinski definition) is 3. The molecule has 0 radical (unpaired) electrons. The summed E-state index contributed by atoms with van der Waals surface area (Å²) in [5.41, 5.74) is 0. The van der Waals surface area contributed by atoms with Crippen molar-refractivity contribution in [2.45, 2.75) is 45.3 Å². The number of hydrogen-bond donors (Lipinski definition) is 2. The fourth-order valence-electron chi connectivity index (χ4n) is 2.12. The second kappa shape index (κ2) is 6.81. The van der Waals surface area contributed by atoms with Gasteiger partial charge in [-0.3, -0.25) is 4.90 Å². The van der Waals surface area contributed by atoms with E-state index < -0.39 is 0 Å². The number of ether oxygens (including phenoxy) is 1. The molecule has 0 spiro atoms. The highest BCUT2D eigenvalue weighted by Crippen LogP contribution is 2.11. The predicted molar refractivity (Wildman–Crippen MR) is 68.1 cm³/mol. The summed E-state index contributed by atoms with van der Waals surface area (Å²) in [5.74, 6) is 0. The number of carbonyl (C=O) groups excluding carboxylic acids is 1. The lowest BCUT2D eigenvalue weighted by molar-refractivity contribution is 0.170. The van der Waals surface area contributed by atoms with Crippen LogP contribution in [0.2, 0.25) is 0 Å². The van der Waals surface area contributed by atoms with E-state index in [-0.39, 0.29) is 18.1 Å². The fourth-order valence-corrected chi connectivity index (χ4v) is 2.12. The van der Waals surface area contributed by atoms with Crippen molar-refractivity contribution >= 4 is 6.03 Å². The standard InChI is InChI=1S/C12H25N3O2/c1-9(2)15-6-5-11(7-15)14-12(16)13-10(3)8-17-4/h9-11H,5-8H2,1-4H3,(H2,13,14,16)/t10-,11+/m0/s1. The van der Waals surface area contributed by atoms with Crippen molar-refractivity contribution < 1.29 is 9.53 Å².